The van der Waals surface area contributed by atoms with Crippen molar-refractivity contribution in [2.45, 2.75) is 6.92 Å². The largest absolute Gasteiger partial charge is 0.497 e. The van der Waals surface area contributed by atoms with E-state index in [4.69, 9.17) is 19.9 Å². The molecule has 2 aromatic rings. The monoisotopic (exact) mass is 307 g/mol. The Balaban J connectivity index is 1.75. The molecule has 0 aliphatic carbocycles. The summed E-state index contributed by atoms with van der Waals surface area (Å²) in [4.78, 5) is 13.2. The van der Waals surface area contributed by atoms with Gasteiger partial charge < -0.3 is 19.9 Å². The number of thiophene rings is 1. The number of carbonyl (C=O) groups excluding carboxylic acids is 1. The molecular formula is C15H17NO4S. The maximum atomic E-state index is 11.8. The van der Waals surface area contributed by atoms with Crippen molar-refractivity contribution in [3.05, 3.63) is 40.1 Å². The molecule has 0 atom stereocenters. The lowest BCUT2D eigenvalue weighted by Gasteiger charge is -2.07. The molecule has 0 saturated carbocycles. The highest BCUT2D eigenvalue weighted by Gasteiger charge is 2.12. The van der Waals surface area contributed by atoms with Gasteiger partial charge in [-0.1, -0.05) is 0 Å². The van der Waals surface area contributed by atoms with Gasteiger partial charge in [0.1, 0.15) is 29.6 Å². The van der Waals surface area contributed by atoms with E-state index in [-0.39, 0.29) is 19.2 Å². The number of ether oxygens (including phenoxy) is 3. The van der Waals surface area contributed by atoms with E-state index in [0.717, 1.165) is 10.6 Å². The van der Waals surface area contributed by atoms with Crippen molar-refractivity contribution in [1.29, 1.82) is 0 Å². The first-order valence-electron chi connectivity index (χ1n) is 6.40. The van der Waals surface area contributed by atoms with Crippen LogP contribution in [-0.4, -0.2) is 26.3 Å². The SMILES string of the molecule is COc1ccc(OCCOC(=O)c2cc(N)c(C)s2)cc1. The number of carbonyl (C=O) groups is 1. The van der Waals surface area contributed by atoms with Crippen molar-refractivity contribution in [3.8, 4) is 11.5 Å². The third-order valence-corrected chi connectivity index (χ3v) is 3.85. The van der Waals surface area contributed by atoms with Crippen LogP contribution in [0.2, 0.25) is 0 Å². The summed E-state index contributed by atoms with van der Waals surface area (Å²) in [5, 5.41) is 0. The molecule has 0 bridgehead atoms. The third-order valence-electron chi connectivity index (χ3n) is 2.80. The summed E-state index contributed by atoms with van der Waals surface area (Å²) in [6.45, 7) is 2.34. The van der Waals surface area contributed by atoms with Gasteiger partial charge >= 0.3 is 5.97 Å². The van der Waals surface area contributed by atoms with Crippen LogP contribution >= 0.6 is 11.3 Å². The molecule has 0 spiro atoms. The summed E-state index contributed by atoms with van der Waals surface area (Å²) in [5.41, 5.74) is 6.31. The second-order valence-corrected chi connectivity index (χ2v) is 5.54. The fraction of sp³-hybridized carbons (Fsp3) is 0.267. The van der Waals surface area contributed by atoms with E-state index in [2.05, 4.69) is 0 Å². The first kappa shape index (κ1) is 15.2. The number of nitrogen functional groups attached to an aromatic ring is 1. The normalized spacial score (nSPS) is 10.2. The Bertz CT molecular complexity index is 587. The minimum absolute atomic E-state index is 0.182. The molecule has 1 heterocycles. The minimum Gasteiger partial charge on any atom is -0.497 e. The van der Waals surface area contributed by atoms with Crippen molar-refractivity contribution < 1.29 is 19.0 Å². The van der Waals surface area contributed by atoms with Crippen LogP contribution in [0.3, 0.4) is 0 Å². The van der Waals surface area contributed by atoms with Gasteiger partial charge in [-0.25, -0.2) is 4.79 Å². The maximum absolute atomic E-state index is 11.8. The first-order valence-corrected chi connectivity index (χ1v) is 7.21. The van der Waals surface area contributed by atoms with E-state index < -0.39 is 0 Å². The number of nitrogens with two attached hydrogens (primary N) is 1. The van der Waals surface area contributed by atoms with Gasteiger partial charge in [0.2, 0.25) is 0 Å². The van der Waals surface area contributed by atoms with Crippen LogP contribution in [-0.2, 0) is 4.74 Å². The number of benzene rings is 1. The summed E-state index contributed by atoms with van der Waals surface area (Å²) in [6, 6.07) is 8.83. The van der Waals surface area contributed by atoms with Crippen molar-refractivity contribution >= 4 is 23.0 Å². The Morgan fingerprint density at radius 3 is 2.43 bits per heavy atom. The molecule has 0 aliphatic rings. The number of hydrogen-bond acceptors (Lipinski definition) is 6. The second-order valence-electron chi connectivity index (χ2n) is 4.28. The van der Waals surface area contributed by atoms with Crippen LogP contribution < -0.4 is 15.2 Å². The molecule has 1 aromatic heterocycles. The lowest BCUT2D eigenvalue weighted by atomic mass is 10.3. The predicted octanol–water partition coefficient (Wildman–Crippen LogP) is 2.88. The molecule has 2 rings (SSSR count). The number of hydrogen-bond donors (Lipinski definition) is 1. The van der Waals surface area contributed by atoms with Gasteiger partial charge in [0.25, 0.3) is 0 Å². The zero-order valence-corrected chi connectivity index (χ0v) is 12.7. The van der Waals surface area contributed by atoms with Gasteiger partial charge in [0, 0.05) is 10.6 Å². The molecule has 6 heteroatoms. The molecule has 0 amide bonds. The van der Waals surface area contributed by atoms with E-state index in [9.17, 15) is 4.79 Å². The van der Waals surface area contributed by atoms with Crippen LogP contribution in [0.5, 0.6) is 11.5 Å². The van der Waals surface area contributed by atoms with Crippen molar-refractivity contribution in [2.75, 3.05) is 26.1 Å². The number of esters is 1. The highest BCUT2D eigenvalue weighted by atomic mass is 32.1. The standard InChI is InChI=1S/C15H17NO4S/c1-10-13(16)9-14(21-10)15(17)20-8-7-19-12-5-3-11(18-2)4-6-12/h3-6,9H,7-8,16H2,1-2H3. The summed E-state index contributed by atoms with van der Waals surface area (Å²) in [5.74, 6) is 1.08. The Kier molecular flexibility index (Phi) is 5.05. The van der Waals surface area contributed by atoms with Crippen molar-refractivity contribution in [1.82, 2.24) is 0 Å². The molecule has 0 radical (unpaired) electrons. The minimum atomic E-state index is -0.377. The summed E-state index contributed by atoms with van der Waals surface area (Å²) < 4.78 is 15.6. The Hall–Kier alpha value is -2.21. The van der Waals surface area contributed by atoms with Crippen LogP contribution in [0.4, 0.5) is 5.69 Å². The quantitative estimate of drug-likeness (QED) is 0.656. The number of rotatable bonds is 6. The van der Waals surface area contributed by atoms with Gasteiger partial charge in [0.05, 0.1) is 7.11 Å². The third kappa shape index (κ3) is 4.13. The summed E-state index contributed by atoms with van der Waals surface area (Å²) in [7, 11) is 1.61. The van der Waals surface area contributed by atoms with Crippen LogP contribution in [0.15, 0.2) is 30.3 Å². The van der Waals surface area contributed by atoms with Crippen molar-refractivity contribution in [2.24, 2.45) is 0 Å². The number of methoxy groups -OCH3 is 1. The highest BCUT2D eigenvalue weighted by Crippen LogP contribution is 2.24. The fourth-order valence-corrected chi connectivity index (χ4v) is 2.47. The van der Waals surface area contributed by atoms with Gasteiger partial charge in [-0.05, 0) is 37.3 Å². The van der Waals surface area contributed by atoms with E-state index in [0.29, 0.717) is 16.3 Å². The molecule has 1 aromatic carbocycles. The maximum Gasteiger partial charge on any atom is 0.348 e. The molecule has 0 fully saturated rings. The Morgan fingerprint density at radius 2 is 1.86 bits per heavy atom. The molecule has 0 saturated heterocycles. The second kappa shape index (κ2) is 6.99. The average Bonchev–Trinajstić information content (AvgIpc) is 2.84. The number of aryl methyl sites for hydroxylation is 1. The van der Waals surface area contributed by atoms with Crippen LogP contribution in [0.25, 0.3) is 0 Å². The zero-order chi connectivity index (χ0) is 15.2. The van der Waals surface area contributed by atoms with E-state index in [1.54, 1.807) is 37.4 Å². The number of anilines is 1. The van der Waals surface area contributed by atoms with Gasteiger partial charge in [-0.2, -0.15) is 0 Å². The molecule has 0 aliphatic heterocycles. The Labute approximate surface area is 127 Å². The molecule has 5 nitrogen and oxygen atoms in total. The summed E-state index contributed by atoms with van der Waals surface area (Å²) in [6.07, 6.45) is 0. The van der Waals surface area contributed by atoms with Crippen LogP contribution in [0, 0.1) is 6.92 Å². The molecular weight excluding hydrogens is 290 g/mol. The molecule has 2 N–H and O–H groups in total. The van der Waals surface area contributed by atoms with Gasteiger partial charge in [-0.3, -0.25) is 0 Å². The lowest BCUT2D eigenvalue weighted by Crippen LogP contribution is -2.11. The Morgan fingerprint density at radius 1 is 1.19 bits per heavy atom. The highest BCUT2D eigenvalue weighted by molar-refractivity contribution is 7.14. The van der Waals surface area contributed by atoms with E-state index in [1.165, 1.54) is 11.3 Å². The topological polar surface area (TPSA) is 70.8 Å². The van der Waals surface area contributed by atoms with Crippen molar-refractivity contribution in [3.63, 3.8) is 0 Å². The summed E-state index contributed by atoms with van der Waals surface area (Å²) >= 11 is 1.33. The fourth-order valence-electron chi connectivity index (χ4n) is 1.63. The van der Waals surface area contributed by atoms with Gasteiger partial charge in [0.15, 0.2) is 0 Å². The molecule has 21 heavy (non-hydrogen) atoms. The smallest absolute Gasteiger partial charge is 0.348 e. The van der Waals surface area contributed by atoms with E-state index in [1.807, 2.05) is 6.92 Å². The first-order chi connectivity index (χ1) is 10.1. The lowest BCUT2D eigenvalue weighted by molar-refractivity contribution is 0.0456. The van der Waals surface area contributed by atoms with E-state index >= 15 is 0 Å². The predicted molar refractivity (Wildman–Crippen MR) is 82.2 cm³/mol. The zero-order valence-electron chi connectivity index (χ0n) is 11.9. The molecule has 112 valence electrons. The molecule has 0 unspecified atom stereocenters. The van der Waals surface area contributed by atoms with Crippen LogP contribution in [0.1, 0.15) is 14.5 Å². The van der Waals surface area contributed by atoms with Gasteiger partial charge in [-0.15, -0.1) is 11.3 Å². The average molecular weight is 307 g/mol.